The van der Waals surface area contributed by atoms with Crippen molar-refractivity contribution in [2.24, 2.45) is 5.92 Å². The van der Waals surface area contributed by atoms with Crippen LogP contribution >= 0.6 is 11.3 Å². The lowest BCUT2D eigenvalue weighted by molar-refractivity contribution is -0.133. The first-order chi connectivity index (χ1) is 14.8. The Morgan fingerprint density at radius 1 is 1.32 bits per heavy atom. The van der Waals surface area contributed by atoms with Gasteiger partial charge in [0.15, 0.2) is 5.13 Å². The minimum absolute atomic E-state index is 0.111. The summed E-state index contributed by atoms with van der Waals surface area (Å²) in [6.07, 6.45) is 4.42. The van der Waals surface area contributed by atoms with E-state index in [1.807, 2.05) is 31.2 Å². The third-order valence-electron chi connectivity index (χ3n) is 6.41. The van der Waals surface area contributed by atoms with Gasteiger partial charge in [0.2, 0.25) is 5.91 Å². The summed E-state index contributed by atoms with van der Waals surface area (Å²) < 4.78 is 0. The van der Waals surface area contributed by atoms with E-state index in [1.165, 1.54) is 23.2 Å². The predicted octanol–water partition coefficient (Wildman–Crippen LogP) is 4.53. The average molecular weight is 441 g/mol. The molecule has 2 aliphatic rings. The number of aromatic nitrogens is 1. The Kier molecular flexibility index (Phi) is 5.83. The van der Waals surface area contributed by atoms with Gasteiger partial charge in [-0.25, -0.2) is 9.78 Å². The van der Waals surface area contributed by atoms with Crippen LogP contribution in [0.3, 0.4) is 0 Å². The van der Waals surface area contributed by atoms with Crippen molar-refractivity contribution in [3.8, 4) is 0 Å². The zero-order valence-electron chi connectivity index (χ0n) is 18.2. The highest BCUT2D eigenvalue weighted by atomic mass is 32.1. The fraction of sp³-hybridized carbons (Fsp3) is 0.478. The number of urea groups is 1. The molecule has 1 spiro atoms. The van der Waals surface area contributed by atoms with E-state index in [9.17, 15) is 14.4 Å². The maximum absolute atomic E-state index is 13.2. The second-order valence-electron chi connectivity index (χ2n) is 8.57. The van der Waals surface area contributed by atoms with Crippen LogP contribution in [-0.2, 0) is 16.1 Å². The predicted molar refractivity (Wildman–Crippen MR) is 120 cm³/mol. The Hall–Kier alpha value is -2.74. The number of thiazole rings is 1. The molecule has 1 saturated carbocycles. The number of anilines is 2. The summed E-state index contributed by atoms with van der Waals surface area (Å²) in [5, 5.41) is 5.29. The molecule has 1 N–H and O–H groups in total. The second kappa shape index (κ2) is 8.42. The van der Waals surface area contributed by atoms with Crippen LogP contribution < -0.4 is 10.2 Å². The summed E-state index contributed by atoms with van der Waals surface area (Å²) in [5.41, 5.74) is 1.63. The van der Waals surface area contributed by atoms with E-state index >= 15 is 0 Å². The van der Waals surface area contributed by atoms with Crippen molar-refractivity contribution in [3.63, 3.8) is 0 Å². The molecule has 8 heteroatoms. The third kappa shape index (κ3) is 4.08. The molecule has 1 aliphatic carbocycles. The molecule has 2 aromatic rings. The monoisotopic (exact) mass is 440 g/mol. The molecule has 1 aromatic heterocycles. The van der Waals surface area contributed by atoms with E-state index in [1.54, 1.807) is 10.3 Å². The molecular formula is C23H28N4O3S. The van der Waals surface area contributed by atoms with E-state index in [2.05, 4.69) is 17.2 Å². The molecule has 0 unspecified atom stereocenters. The molecule has 1 saturated heterocycles. The van der Waals surface area contributed by atoms with Crippen LogP contribution in [0.1, 0.15) is 57.2 Å². The zero-order chi connectivity index (χ0) is 22.2. The minimum Gasteiger partial charge on any atom is -0.323 e. The molecule has 31 heavy (non-hydrogen) atoms. The Balaban J connectivity index is 1.51. The molecule has 2 heterocycles. The van der Waals surface area contributed by atoms with Gasteiger partial charge in [-0.1, -0.05) is 25.5 Å². The lowest BCUT2D eigenvalue weighted by Crippen LogP contribution is -2.49. The first-order valence-corrected chi connectivity index (χ1v) is 11.7. The Labute approximate surface area is 186 Å². The lowest BCUT2D eigenvalue weighted by Gasteiger charge is -2.34. The summed E-state index contributed by atoms with van der Waals surface area (Å²) in [5.74, 6) is 0.335. The average Bonchev–Trinajstić information content (AvgIpc) is 3.27. The van der Waals surface area contributed by atoms with Crippen molar-refractivity contribution in [2.45, 2.75) is 65.0 Å². The molecule has 0 atom stereocenters. The fourth-order valence-corrected chi connectivity index (χ4v) is 5.44. The van der Waals surface area contributed by atoms with Crippen LogP contribution in [0.25, 0.3) is 0 Å². The number of hydrogen-bond acceptors (Lipinski definition) is 5. The van der Waals surface area contributed by atoms with Crippen molar-refractivity contribution in [3.05, 3.63) is 40.9 Å². The number of rotatable bonds is 5. The van der Waals surface area contributed by atoms with Gasteiger partial charge in [0.1, 0.15) is 5.54 Å². The smallest absolute Gasteiger partial charge is 0.323 e. The number of benzene rings is 1. The van der Waals surface area contributed by atoms with Crippen molar-refractivity contribution in [1.82, 2.24) is 15.2 Å². The van der Waals surface area contributed by atoms with Crippen molar-refractivity contribution >= 4 is 40.0 Å². The molecule has 4 amide bonds. The zero-order valence-corrected chi connectivity index (χ0v) is 19.0. The van der Waals surface area contributed by atoms with Crippen LogP contribution in [-0.4, -0.2) is 33.3 Å². The molecule has 0 radical (unpaired) electrons. The van der Waals surface area contributed by atoms with Crippen molar-refractivity contribution in [1.29, 1.82) is 0 Å². The summed E-state index contributed by atoms with van der Waals surface area (Å²) >= 11 is 1.33. The standard InChI is InChI=1S/C23H28N4O3S/c1-4-17-8-10-23(11-9-17)20(29)26(21(30)25-23)13-18-14-31-22(24-18)27(16(3)28)19-7-5-6-15(2)12-19/h5-7,12,14,17H,4,8-11,13H2,1-3H3,(H,25,30). The van der Waals surface area contributed by atoms with Crippen LogP contribution in [0, 0.1) is 12.8 Å². The van der Waals surface area contributed by atoms with Gasteiger partial charge in [-0.2, -0.15) is 0 Å². The first kappa shape index (κ1) is 21.5. The Morgan fingerprint density at radius 2 is 2.06 bits per heavy atom. The maximum Gasteiger partial charge on any atom is 0.325 e. The molecule has 0 bridgehead atoms. The van der Waals surface area contributed by atoms with Crippen LogP contribution in [0.5, 0.6) is 0 Å². The van der Waals surface area contributed by atoms with Gasteiger partial charge in [-0.05, 0) is 56.2 Å². The SMILES string of the molecule is CCC1CCC2(CC1)NC(=O)N(Cc1csc(N(C(C)=O)c3cccc(C)c3)n1)C2=O. The number of nitrogens with zero attached hydrogens (tertiary/aromatic N) is 3. The molecular weight excluding hydrogens is 412 g/mol. The number of nitrogens with one attached hydrogen (secondary N) is 1. The van der Waals surface area contributed by atoms with Crippen molar-refractivity contribution in [2.75, 3.05) is 4.90 Å². The summed E-state index contributed by atoms with van der Waals surface area (Å²) in [6.45, 7) is 5.75. The van der Waals surface area contributed by atoms with Crippen LogP contribution in [0.15, 0.2) is 29.6 Å². The number of hydrogen-bond donors (Lipinski definition) is 1. The Bertz CT molecular complexity index is 1010. The minimum atomic E-state index is -0.755. The highest BCUT2D eigenvalue weighted by Crippen LogP contribution is 2.38. The molecule has 1 aromatic carbocycles. The van der Waals surface area contributed by atoms with Crippen molar-refractivity contribution < 1.29 is 14.4 Å². The van der Waals surface area contributed by atoms with Gasteiger partial charge in [0.05, 0.1) is 17.9 Å². The van der Waals surface area contributed by atoms with E-state index in [-0.39, 0.29) is 24.4 Å². The molecule has 164 valence electrons. The van der Waals surface area contributed by atoms with Gasteiger partial charge in [0.25, 0.3) is 5.91 Å². The molecule has 7 nitrogen and oxygen atoms in total. The molecule has 2 fully saturated rings. The summed E-state index contributed by atoms with van der Waals surface area (Å²) in [6, 6.07) is 7.31. The van der Waals surface area contributed by atoms with Gasteiger partial charge in [0, 0.05) is 12.3 Å². The largest absolute Gasteiger partial charge is 0.325 e. The number of carbonyl (C=O) groups is 3. The summed E-state index contributed by atoms with van der Waals surface area (Å²) in [7, 11) is 0. The fourth-order valence-electron chi connectivity index (χ4n) is 4.56. The van der Waals surface area contributed by atoms with Gasteiger partial charge >= 0.3 is 6.03 Å². The van der Waals surface area contributed by atoms with E-state index in [0.29, 0.717) is 29.6 Å². The lowest BCUT2D eigenvalue weighted by atomic mass is 9.75. The quantitative estimate of drug-likeness (QED) is 0.693. The highest BCUT2D eigenvalue weighted by Gasteiger charge is 2.52. The van der Waals surface area contributed by atoms with Crippen LogP contribution in [0.2, 0.25) is 0 Å². The van der Waals surface area contributed by atoms with E-state index < -0.39 is 5.54 Å². The van der Waals surface area contributed by atoms with Gasteiger partial charge in [-0.3, -0.25) is 19.4 Å². The molecule has 4 rings (SSSR count). The topological polar surface area (TPSA) is 82.6 Å². The summed E-state index contributed by atoms with van der Waals surface area (Å²) in [4.78, 5) is 45.5. The van der Waals surface area contributed by atoms with E-state index in [0.717, 1.165) is 30.5 Å². The first-order valence-electron chi connectivity index (χ1n) is 10.8. The number of amides is 4. The van der Waals surface area contributed by atoms with Gasteiger partial charge in [-0.15, -0.1) is 11.3 Å². The Morgan fingerprint density at radius 3 is 2.71 bits per heavy atom. The number of imide groups is 1. The van der Waals surface area contributed by atoms with Gasteiger partial charge < -0.3 is 5.32 Å². The second-order valence-corrected chi connectivity index (χ2v) is 9.41. The number of carbonyl (C=O) groups excluding carboxylic acids is 3. The third-order valence-corrected chi connectivity index (χ3v) is 7.28. The van der Waals surface area contributed by atoms with E-state index in [4.69, 9.17) is 0 Å². The number of aryl methyl sites for hydroxylation is 1. The molecule has 1 aliphatic heterocycles. The normalized spacial score (nSPS) is 23.3. The van der Waals surface area contributed by atoms with Crippen LogP contribution in [0.4, 0.5) is 15.6 Å². The highest BCUT2D eigenvalue weighted by molar-refractivity contribution is 7.14. The maximum atomic E-state index is 13.2.